The molecule has 0 atom stereocenters. The third-order valence-corrected chi connectivity index (χ3v) is 3.58. The maximum absolute atomic E-state index is 13.3. The number of aromatic nitrogens is 1. The average molecular weight is 273 g/mol. The van der Waals surface area contributed by atoms with Gasteiger partial charge in [0.25, 0.3) is 0 Å². The highest BCUT2D eigenvalue weighted by Crippen LogP contribution is 2.45. The second-order valence-electron chi connectivity index (χ2n) is 5.10. The Bertz CT molecular complexity index is 605. The van der Waals surface area contributed by atoms with Crippen LogP contribution in [0.15, 0.2) is 42.6 Å². The van der Waals surface area contributed by atoms with Crippen LogP contribution in [0.1, 0.15) is 24.1 Å². The molecule has 4 nitrogen and oxygen atoms in total. The standard InChI is InChI=1S/C15H16FN3O/c16-12-4-1-3-11(9-12)15(6-7-15)19-14(20)18-10-13-5-2-8-17-13/h1-5,8-9,17H,6-7,10H2,(H2,18,19,20). The lowest BCUT2D eigenvalue weighted by Crippen LogP contribution is -2.42. The molecule has 104 valence electrons. The first kappa shape index (κ1) is 12.7. The van der Waals surface area contributed by atoms with E-state index >= 15 is 0 Å². The minimum atomic E-state index is -0.401. The van der Waals surface area contributed by atoms with Crippen LogP contribution in [0.3, 0.4) is 0 Å². The molecule has 1 aliphatic carbocycles. The lowest BCUT2D eigenvalue weighted by Gasteiger charge is -2.18. The van der Waals surface area contributed by atoms with E-state index in [9.17, 15) is 9.18 Å². The van der Waals surface area contributed by atoms with E-state index in [0.717, 1.165) is 24.1 Å². The van der Waals surface area contributed by atoms with Crippen molar-refractivity contribution in [2.24, 2.45) is 0 Å². The van der Waals surface area contributed by atoms with Gasteiger partial charge in [-0.05, 0) is 42.7 Å². The van der Waals surface area contributed by atoms with Crippen LogP contribution in [0, 0.1) is 5.82 Å². The zero-order valence-electron chi connectivity index (χ0n) is 10.9. The van der Waals surface area contributed by atoms with Gasteiger partial charge in [0, 0.05) is 11.9 Å². The van der Waals surface area contributed by atoms with Crippen LogP contribution < -0.4 is 10.6 Å². The number of urea groups is 1. The molecule has 20 heavy (non-hydrogen) atoms. The fourth-order valence-electron chi connectivity index (χ4n) is 2.31. The molecule has 1 aromatic carbocycles. The molecule has 0 aliphatic heterocycles. The van der Waals surface area contributed by atoms with Crippen LogP contribution in [-0.2, 0) is 12.1 Å². The molecule has 3 N–H and O–H groups in total. The molecule has 0 saturated heterocycles. The van der Waals surface area contributed by atoms with Crippen molar-refractivity contribution in [1.29, 1.82) is 0 Å². The Kier molecular flexibility index (Phi) is 3.18. The van der Waals surface area contributed by atoms with Crippen LogP contribution in [-0.4, -0.2) is 11.0 Å². The monoisotopic (exact) mass is 273 g/mol. The van der Waals surface area contributed by atoms with Crippen molar-refractivity contribution in [3.63, 3.8) is 0 Å². The third-order valence-electron chi connectivity index (χ3n) is 3.58. The van der Waals surface area contributed by atoms with Gasteiger partial charge in [-0.15, -0.1) is 0 Å². The first-order valence-electron chi connectivity index (χ1n) is 6.62. The lowest BCUT2D eigenvalue weighted by molar-refractivity contribution is 0.235. The number of carbonyl (C=O) groups is 1. The quantitative estimate of drug-likeness (QED) is 0.788. The summed E-state index contributed by atoms with van der Waals surface area (Å²) in [6, 6.07) is 9.96. The first-order valence-corrected chi connectivity index (χ1v) is 6.62. The lowest BCUT2D eigenvalue weighted by atomic mass is 10.1. The number of amides is 2. The Morgan fingerprint density at radius 1 is 1.30 bits per heavy atom. The van der Waals surface area contributed by atoms with Gasteiger partial charge in [0.2, 0.25) is 0 Å². The predicted molar refractivity (Wildman–Crippen MR) is 73.5 cm³/mol. The molecule has 0 bridgehead atoms. The zero-order chi connectivity index (χ0) is 14.0. The van der Waals surface area contributed by atoms with Crippen molar-refractivity contribution >= 4 is 6.03 Å². The summed E-state index contributed by atoms with van der Waals surface area (Å²) >= 11 is 0. The van der Waals surface area contributed by atoms with Gasteiger partial charge in [0.1, 0.15) is 5.82 Å². The number of hydrogen-bond donors (Lipinski definition) is 3. The number of aromatic amines is 1. The van der Waals surface area contributed by atoms with Crippen LogP contribution in [0.2, 0.25) is 0 Å². The predicted octanol–water partition coefficient (Wildman–Crippen LogP) is 2.64. The van der Waals surface area contributed by atoms with Gasteiger partial charge in [-0.1, -0.05) is 12.1 Å². The normalized spacial score (nSPS) is 15.7. The molecule has 1 aliphatic rings. The highest BCUT2D eigenvalue weighted by molar-refractivity contribution is 5.75. The van der Waals surface area contributed by atoms with E-state index in [2.05, 4.69) is 15.6 Å². The summed E-state index contributed by atoms with van der Waals surface area (Å²) in [6.07, 6.45) is 3.49. The molecule has 1 fully saturated rings. The van der Waals surface area contributed by atoms with E-state index in [1.54, 1.807) is 6.07 Å². The minimum absolute atomic E-state index is 0.235. The minimum Gasteiger partial charge on any atom is -0.364 e. The molecular formula is C15H16FN3O. The number of hydrogen-bond acceptors (Lipinski definition) is 1. The Balaban J connectivity index is 1.61. The number of nitrogens with one attached hydrogen (secondary N) is 3. The topological polar surface area (TPSA) is 56.9 Å². The number of halogens is 1. The summed E-state index contributed by atoms with van der Waals surface area (Å²) in [4.78, 5) is 14.9. The smallest absolute Gasteiger partial charge is 0.315 e. The number of benzene rings is 1. The number of rotatable bonds is 4. The van der Waals surface area contributed by atoms with Crippen LogP contribution in [0.4, 0.5) is 9.18 Å². The van der Waals surface area contributed by atoms with Crippen molar-refractivity contribution in [1.82, 2.24) is 15.6 Å². The SMILES string of the molecule is O=C(NCc1ccc[nH]1)NC1(c2cccc(F)c2)CC1. The molecule has 0 spiro atoms. The summed E-state index contributed by atoms with van der Waals surface area (Å²) in [7, 11) is 0. The Labute approximate surface area is 116 Å². The summed E-state index contributed by atoms with van der Waals surface area (Å²) in [6.45, 7) is 0.443. The fraction of sp³-hybridized carbons (Fsp3) is 0.267. The van der Waals surface area contributed by atoms with E-state index < -0.39 is 5.54 Å². The first-order chi connectivity index (χ1) is 9.68. The van der Waals surface area contributed by atoms with E-state index in [-0.39, 0.29) is 11.8 Å². The molecule has 0 radical (unpaired) electrons. The van der Waals surface area contributed by atoms with Gasteiger partial charge in [-0.25, -0.2) is 9.18 Å². The molecular weight excluding hydrogens is 257 g/mol. The highest BCUT2D eigenvalue weighted by Gasteiger charge is 2.45. The van der Waals surface area contributed by atoms with Gasteiger partial charge < -0.3 is 15.6 Å². The average Bonchev–Trinajstić information content (AvgIpc) is 3.02. The number of carbonyl (C=O) groups excluding carboxylic acids is 1. The second kappa shape index (κ2) is 5.00. The molecule has 2 aromatic rings. The van der Waals surface area contributed by atoms with Gasteiger partial charge in [0.05, 0.1) is 12.1 Å². The summed E-state index contributed by atoms with van der Waals surface area (Å²) < 4.78 is 13.3. The Morgan fingerprint density at radius 2 is 2.15 bits per heavy atom. The largest absolute Gasteiger partial charge is 0.364 e. The molecule has 1 saturated carbocycles. The Hall–Kier alpha value is -2.30. The van der Waals surface area contributed by atoms with Gasteiger partial charge in [-0.3, -0.25) is 0 Å². The van der Waals surface area contributed by atoms with Crippen molar-refractivity contribution in [2.75, 3.05) is 0 Å². The zero-order valence-corrected chi connectivity index (χ0v) is 10.9. The van der Waals surface area contributed by atoms with Crippen molar-refractivity contribution in [3.05, 3.63) is 59.7 Å². The van der Waals surface area contributed by atoms with Crippen molar-refractivity contribution < 1.29 is 9.18 Å². The maximum Gasteiger partial charge on any atom is 0.315 e. The van der Waals surface area contributed by atoms with Gasteiger partial charge in [0.15, 0.2) is 0 Å². The maximum atomic E-state index is 13.3. The molecule has 3 rings (SSSR count). The van der Waals surface area contributed by atoms with E-state index in [1.165, 1.54) is 12.1 Å². The molecule has 0 unspecified atom stereocenters. The van der Waals surface area contributed by atoms with E-state index in [4.69, 9.17) is 0 Å². The molecule has 1 heterocycles. The molecule has 2 amide bonds. The number of H-pyrrole nitrogens is 1. The van der Waals surface area contributed by atoms with Gasteiger partial charge >= 0.3 is 6.03 Å². The summed E-state index contributed by atoms with van der Waals surface area (Å²) in [5.41, 5.74) is 1.37. The van der Waals surface area contributed by atoms with E-state index in [1.807, 2.05) is 24.4 Å². The highest BCUT2D eigenvalue weighted by atomic mass is 19.1. The second-order valence-corrected chi connectivity index (χ2v) is 5.10. The van der Waals surface area contributed by atoms with Crippen LogP contribution in [0.25, 0.3) is 0 Å². The van der Waals surface area contributed by atoms with Crippen LogP contribution in [0.5, 0.6) is 0 Å². The van der Waals surface area contributed by atoms with E-state index in [0.29, 0.717) is 6.54 Å². The summed E-state index contributed by atoms with van der Waals surface area (Å²) in [5.74, 6) is -0.276. The van der Waals surface area contributed by atoms with Gasteiger partial charge in [-0.2, -0.15) is 0 Å². The molecule has 1 aromatic heterocycles. The Morgan fingerprint density at radius 3 is 2.80 bits per heavy atom. The fourth-order valence-corrected chi connectivity index (χ4v) is 2.31. The van der Waals surface area contributed by atoms with Crippen molar-refractivity contribution in [3.8, 4) is 0 Å². The van der Waals surface area contributed by atoms with Crippen molar-refractivity contribution in [2.45, 2.75) is 24.9 Å². The summed E-state index contributed by atoms with van der Waals surface area (Å²) in [5, 5.41) is 5.73. The molecule has 5 heteroatoms. The third kappa shape index (κ3) is 2.66. The van der Waals surface area contributed by atoms with Crippen LogP contribution >= 0.6 is 0 Å².